The average molecular weight is 702 g/mol. The van der Waals surface area contributed by atoms with Gasteiger partial charge in [-0.05, 0) is 88.6 Å². The number of alkyl halides is 1. The number of benzene rings is 2. The van der Waals surface area contributed by atoms with Crippen molar-refractivity contribution in [2.45, 2.75) is 73.7 Å². The summed E-state index contributed by atoms with van der Waals surface area (Å²) in [5.41, 5.74) is 2.42. The number of nitrogens with one attached hydrogen (secondary N) is 2. The third-order valence-corrected chi connectivity index (χ3v) is 12.6. The van der Waals surface area contributed by atoms with Crippen LogP contribution in [0, 0.1) is 11.8 Å². The maximum absolute atomic E-state index is 14.3. The van der Waals surface area contributed by atoms with Crippen LogP contribution < -0.4 is 20.3 Å². The summed E-state index contributed by atoms with van der Waals surface area (Å²) >= 11 is 5.48. The van der Waals surface area contributed by atoms with E-state index in [0.717, 1.165) is 43.8 Å². The number of halogens is 1. The number of anilines is 3. The zero-order valence-electron chi connectivity index (χ0n) is 26.3. The molecule has 3 saturated heterocycles. The molecule has 2 aromatic rings. The molecule has 3 aliphatic heterocycles. The number of unbranched alkanes of at least 4 members (excludes halogenated alkanes) is 3. The number of rotatable bonds is 15. The average Bonchev–Trinajstić information content (AvgIpc) is 3.62. The van der Waals surface area contributed by atoms with Gasteiger partial charge in [-0.1, -0.05) is 28.8 Å². The summed E-state index contributed by atoms with van der Waals surface area (Å²) in [6.07, 6.45) is 3.78. The second kappa shape index (κ2) is 14.8. The van der Waals surface area contributed by atoms with E-state index in [0.29, 0.717) is 37.4 Å². The van der Waals surface area contributed by atoms with Gasteiger partial charge < -0.3 is 30.3 Å². The number of thioether (sulfide) groups is 1. The largest absolute Gasteiger partial charge is 0.494 e. The van der Waals surface area contributed by atoms with Crippen LogP contribution in [0.3, 0.4) is 0 Å². The van der Waals surface area contributed by atoms with Crippen molar-refractivity contribution in [1.82, 2.24) is 4.90 Å². The summed E-state index contributed by atoms with van der Waals surface area (Å²) in [6.45, 7) is 9.06. The van der Waals surface area contributed by atoms with E-state index in [2.05, 4.69) is 45.3 Å². The van der Waals surface area contributed by atoms with Gasteiger partial charge in [-0.25, -0.2) is 0 Å². The predicted octanol–water partition coefficient (Wildman–Crippen LogP) is 5.53. The highest BCUT2D eigenvalue weighted by molar-refractivity contribution is 9.09. The summed E-state index contributed by atoms with van der Waals surface area (Å²) < 4.78 is 4.82. The van der Waals surface area contributed by atoms with Gasteiger partial charge in [0.1, 0.15) is 11.8 Å². The van der Waals surface area contributed by atoms with Crippen molar-refractivity contribution in [3.05, 3.63) is 48.5 Å². The van der Waals surface area contributed by atoms with E-state index in [1.807, 2.05) is 55.5 Å². The minimum absolute atomic E-state index is 0.00390. The molecule has 2 aromatic carbocycles. The number of nitrogens with zero attached hydrogens (tertiary/aromatic N) is 2. The Morgan fingerprint density at radius 1 is 0.978 bits per heavy atom. The minimum atomic E-state index is -0.715. The second-order valence-electron chi connectivity index (χ2n) is 12.0. The van der Waals surface area contributed by atoms with Gasteiger partial charge in [-0.3, -0.25) is 14.4 Å². The lowest BCUT2D eigenvalue weighted by molar-refractivity contribution is -0.138. The lowest BCUT2D eigenvalue weighted by Gasteiger charge is -2.35. The lowest BCUT2D eigenvalue weighted by atomic mass is 9.70. The predicted molar refractivity (Wildman–Crippen MR) is 184 cm³/mol. The van der Waals surface area contributed by atoms with Crippen LogP contribution in [-0.2, 0) is 14.4 Å². The molecule has 3 fully saturated rings. The number of carbonyl (C=O) groups excluding carboxylic acids is 3. The number of carbonyl (C=O) groups is 3. The van der Waals surface area contributed by atoms with Gasteiger partial charge in [-0.2, -0.15) is 0 Å². The summed E-state index contributed by atoms with van der Waals surface area (Å²) in [7, 11) is 0. The Balaban J connectivity index is 1.40. The molecule has 3 N–H and O–H groups in total. The molecule has 244 valence electrons. The standard InChI is InChI=1S/C34H45BrN4O5S/c1-4-38(5-2)24-15-11-22(12-16-24)37-32(42)30-34-21-26(35)29(45-34)27(28(34)33(43)39(30)19-9-7-8-10-20-40)31(41)36-23-13-17-25(18-14-23)44-6-3/h11-18,26-30,40H,4-10,19-21H2,1-3H3,(H,36,41)(H,37,42)/t26?,27-,28+,29-,30?,34?/m1/s1. The van der Waals surface area contributed by atoms with Crippen molar-refractivity contribution >= 4 is 62.5 Å². The van der Waals surface area contributed by atoms with Crippen molar-refractivity contribution in [3.63, 3.8) is 0 Å². The van der Waals surface area contributed by atoms with Crippen LogP contribution in [0.2, 0.25) is 0 Å². The summed E-state index contributed by atoms with van der Waals surface area (Å²) in [6, 6.07) is 14.4. The molecule has 3 heterocycles. The van der Waals surface area contributed by atoms with Crippen molar-refractivity contribution in [1.29, 1.82) is 0 Å². The topological polar surface area (TPSA) is 111 Å². The zero-order valence-corrected chi connectivity index (χ0v) is 28.7. The third-order valence-electron chi connectivity index (χ3n) is 9.34. The van der Waals surface area contributed by atoms with E-state index in [1.165, 1.54) is 0 Å². The first-order valence-electron chi connectivity index (χ1n) is 16.2. The molecule has 45 heavy (non-hydrogen) atoms. The third kappa shape index (κ3) is 6.72. The van der Waals surface area contributed by atoms with Crippen LogP contribution >= 0.6 is 27.7 Å². The van der Waals surface area contributed by atoms with Gasteiger partial charge >= 0.3 is 0 Å². The summed E-state index contributed by atoms with van der Waals surface area (Å²) in [5, 5.41) is 15.3. The van der Waals surface area contributed by atoms with E-state index < -0.39 is 22.6 Å². The first-order chi connectivity index (χ1) is 21.8. The summed E-state index contributed by atoms with van der Waals surface area (Å²) in [4.78, 5) is 46.4. The van der Waals surface area contributed by atoms with E-state index in [9.17, 15) is 19.5 Å². The molecule has 6 atom stereocenters. The fourth-order valence-corrected chi connectivity index (χ4v) is 10.9. The fourth-order valence-electron chi connectivity index (χ4n) is 7.30. The lowest BCUT2D eigenvalue weighted by Crippen LogP contribution is -2.52. The highest BCUT2D eigenvalue weighted by Crippen LogP contribution is 2.67. The Labute approximate surface area is 279 Å². The number of likely N-dealkylation sites (tertiary alicyclic amines) is 1. The van der Waals surface area contributed by atoms with E-state index in [-0.39, 0.29) is 34.4 Å². The molecule has 1 spiro atoms. The van der Waals surface area contributed by atoms with Crippen LogP contribution in [0.5, 0.6) is 5.75 Å². The number of aliphatic hydroxyl groups excluding tert-OH is 1. The Morgan fingerprint density at radius 2 is 1.60 bits per heavy atom. The zero-order chi connectivity index (χ0) is 32.1. The van der Waals surface area contributed by atoms with Gasteiger partial charge in [0.05, 0.1) is 23.2 Å². The first-order valence-corrected chi connectivity index (χ1v) is 18.0. The molecule has 0 saturated carbocycles. The molecule has 3 unspecified atom stereocenters. The van der Waals surface area contributed by atoms with Crippen molar-refractivity contribution in [2.75, 3.05) is 48.4 Å². The molecule has 2 bridgehead atoms. The van der Waals surface area contributed by atoms with Crippen LogP contribution in [0.15, 0.2) is 48.5 Å². The molecule has 5 rings (SSSR count). The quantitative estimate of drug-likeness (QED) is 0.166. The number of amides is 3. The molecule has 0 aromatic heterocycles. The molecule has 0 radical (unpaired) electrons. The van der Waals surface area contributed by atoms with Crippen molar-refractivity contribution < 1.29 is 24.2 Å². The Bertz CT molecular complexity index is 1340. The maximum Gasteiger partial charge on any atom is 0.248 e. The van der Waals surface area contributed by atoms with Crippen molar-refractivity contribution in [2.24, 2.45) is 11.8 Å². The fraction of sp³-hybridized carbons (Fsp3) is 0.559. The molecular weight excluding hydrogens is 656 g/mol. The molecular formula is C34H45BrN4O5S. The van der Waals surface area contributed by atoms with Gasteiger partial charge in [0, 0.05) is 53.4 Å². The van der Waals surface area contributed by atoms with Crippen LogP contribution in [-0.4, -0.2) is 81.4 Å². The molecule has 0 aliphatic carbocycles. The minimum Gasteiger partial charge on any atom is -0.494 e. The number of hydrogen-bond acceptors (Lipinski definition) is 7. The van der Waals surface area contributed by atoms with E-state index in [4.69, 9.17) is 4.74 Å². The molecule has 9 nitrogen and oxygen atoms in total. The molecule has 11 heteroatoms. The monoisotopic (exact) mass is 700 g/mol. The normalized spacial score (nSPS) is 26.6. The number of aliphatic hydroxyl groups is 1. The number of ether oxygens (including phenoxy) is 1. The van der Waals surface area contributed by atoms with Gasteiger partial charge in [-0.15, -0.1) is 11.8 Å². The highest BCUT2D eigenvalue weighted by atomic mass is 79.9. The SMILES string of the molecule is CCOc1ccc(NC(=O)[C@H]2[C@@H]3SC4(CC3Br)C(C(=O)Nc3ccc(N(CC)CC)cc3)N(CCCCCCO)C(=O)[C@H]24)cc1. The molecule has 3 amide bonds. The Hall–Kier alpha value is -2.76. The Kier molecular flexibility index (Phi) is 11.0. The smallest absolute Gasteiger partial charge is 0.248 e. The maximum atomic E-state index is 14.3. The van der Waals surface area contributed by atoms with Crippen LogP contribution in [0.4, 0.5) is 17.1 Å². The number of fused-ring (bicyclic) bond motifs is 1. The van der Waals surface area contributed by atoms with Crippen molar-refractivity contribution in [3.8, 4) is 5.75 Å². The number of hydrogen-bond donors (Lipinski definition) is 3. The second-order valence-corrected chi connectivity index (χ2v) is 14.7. The van der Waals surface area contributed by atoms with Crippen LogP contribution in [0.25, 0.3) is 0 Å². The summed E-state index contributed by atoms with van der Waals surface area (Å²) in [5.74, 6) is -0.968. The highest BCUT2D eigenvalue weighted by Gasteiger charge is 2.75. The van der Waals surface area contributed by atoms with Crippen LogP contribution in [0.1, 0.15) is 52.9 Å². The van der Waals surface area contributed by atoms with E-state index in [1.54, 1.807) is 16.7 Å². The van der Waals surface area contributed by atoms with Gasteiger partial charge in [0.2, 0.25) is 17.7 Å². The first kappa shape index (κ1) is 33.6. The van der Waals surface area contributed by atoms with Gasteiger partial charge in [0.25, 0.3) is 0 Å². The Morgan fingerprint density at radius 3 is 2.22 bits per heavy atom. The van der Waals surface area contributed by atoms with Gasteiger partial charge in [0.15, 0.2) is 0 Å². The van der Waals surface area contributed by atoms with E-state index >= 15 is 0 Å². The molecule has 3 aliphatic rings.